The minimum absolute atomic E-state index is 0. The molecule has 0 aromatic heterocycles. The molecule has 0 aliphatic heterocycles. The molecule has 3 atom stereocenters. The number of nitrogens with two attached hydrogens (primary N) is 1. The van der Waals surface area contributed by atoms with Crippen LogP contribution in [0.2, 0.25) is 0 Å². The number of hydrogen-bond donors (Lipinski definition) is 2. The van der Waals surface area contributed by atoms with Gasteiger partial charge in [-0.2, -0.15) is 0 Å². The van der Waals surface area contributed by atoms with E-state index in [1.165, 1.54) is 0 Å². The monoisotopic (exact) mass is 270 g/mol. The van der Waals surface area contributed by atoms with E-state index in [2.05, 4.69) is 5.32 Å². The molecule has 0 saturated heterocycles. The number of halogens is 1. The number of nitrogens with one attached hydrogen (secondary N) is 1. The Morgan fingerprint density at radius 1 is 1.28 bits per heavy atom. The summed E-state index contributed by atoms with van der Waals surface area (Å²) >= 11 is 0. The maximum Gasteiger partial charge on any atom is 0.237 e. The number of rotatable bonds is 5. The van der Waals surface area contributed by atoms with Crippen molar-refractivity contribution >= 4 is 18.3 Å². The van der Waals surface area contributed by atoms with Crippen LogP contribution in [0, 0.1) is 5.92 Å². The van der Waals surface area contributed by atoms with Crippen LogP contribution >= 0.6 is 12.4 Å². The molecule has 1 aromatic carbocycles. The van der Waals surface area contributed by atoms with Crippen molar-refractivity contribution in [2.24, 2.45) is 11.7 Å². The Balaban J connectivity index is 0.00000289. The molecule has 0 aliphatic rings. The molecule has 1 aromatic rings. The molecule has 4 heteroatoms. The Morgan fingerprint density at radius 2 is 1.83 bits per heavy atom. The lowest BCUT2D eigenvalue weighted by molar-refractivity contribution is -0.124. The Morgan fingerprint density at radius 3 is 2.33 bits per heavy atom. The number of hydrogen-bond acceptors (Lipinski definition) is 2. The van der Waals surface area contributed by atoms with E-state index in [0.717, 1.165) is 12.0 Å². The molecule has 0 saturated carbocycles. The van der Waals surface area contributed by atoms with Crippen molar-refractivity contribution in [3.63, 3.8) is 0 Å². The summed E-state index contributed by atoms with van der Waals surface area (Å²) in [6, 6.07) is 9.46. The number of amides is 1. The van der Waals surface area contributed by atoms with Crippen molar-refractivity contribution in [2.75, 3.05) is 0 Å². The largest absolute Gasteiger partial charge is 0.348 e. The van der Waals surface area contributed by atoms with Crippen LogP contribution < -0.4 is 11.1 Å². The van der Waals surface area contributed by atoms with Crippen molar-refractivity contribution < 1.29 is 4.79 Å². The Bertz CT molecular complexity index is 356. The van der Waals surface area contributed by atoms with Crippen LogP contribution in [0.5, 0.6) is 0 Å². The van der Waals surface area contributed by atoms with Crippen LogP contribution in [0.15, 0.2) is 30.3 Å². The van der Waals surface area contributed by atoms with E-state index in [1.54, 1.807) is 0 Å². The van der Waals surface area contributed by atoms with Gasteiger partial charge in [-0.15, -0.1) is 12.4 Å². The van der Waals surface area contributed by atoms with Crippen LogP contribution in [-0.4, -0.2) is 11.9 Å². The maximum atomic E-state index is 11.9. The molecule has 0 aliphatic carbocycles. The van der Waals surface area contributed by atoms with Gasteiger partial charge in [0.05, 0.1) is 12.1 Å². The van der Waals surface area contributed by atoms with Gasteiger partial charge in [0.1, 0.15) is 0 Å². The summed E-state index contributed by atoms with van der Waals surface area (Å²) in [7, 11) is 0. The summed E-state index contributed by atoms with van der Waals surface area (Å²) < 4.78 is 0. The smallest absolute Gasteiger partial charge is 0.237 e. The zero-order chi connectivity index (χ0) is 12.8. The third kappa shape index (κ3) is 4.67. The van der Waals surface area contributed by atoms with E-state index < -0.39 is 6.04 Å². The molecule has 18 heavy (non-hydrogen) atoms. The first kappa shape index (κ1) is 16.9. The molecular weight excluding hydrogens is 248 g/mol. The van der Waals surface area contributed by atoms with E-state index >= 15 is 0 Å². The second-order valence-electron chi connectivity index (χ2n) is 4.55. The molecule has 0 fully saturated rings. The third-order valence-electron chi connectivity index (χ3n) is 3.22. The molecule has 0 bridgehead atoms. The predicted octanol–water partition coefficient (Wildman–Crippen LogP) is 2.66. The van der Waals surface area contributed by atoms with E-state index in [9.17, 15) is 4.79 Å². The maximum absolute atomic E-state index is 11.9. The number of carbonyl (C=O) groups excluding carboxylic acids is 1. The minimum Gasteiger partial charge on any atom is -0.348 e. The summed E-state index contributed by atoms with van der Waals surface area (Å²) in [4.78, 5) is 11.9. The lowest BCUT2D eigenvalue weighted by atomic mass is 9.98. The van der Waals surface area contributed by atoms with Crippen molar-refractivity contribution in [1.82, 2.24) is 5.32 Å². The molecule has 0 heterocycles. The normalized spacial score (nSPS) is 15.1. The average Bonchev–Trinajstić information content (AvgIpc) is 2.37. The minimum atomic E-state index is -0.425. The van der Waals surface area contributed by atoms with Crippen LogP contribution in [0.4, 0.5) is 0 Å². The second-order valence-corrected chi connectivity index (χ2v) is 4.55. The van der Waals surface area contributed by atoms with Crippen LogP contribution in [-0.2, 0) is 4.79 Å². The zero-order valence-corrected chi connectivity index (χ0v) is 12.0. The van der Waals surface area contributed by atoms with Gasteiger partial charge in [-0.25, -0.2) is 0 Å². The van der Waals surface area contributed by atoms with Gasteiger partial charge in [-0.05, 0) is 18.4 Å². The first-order valence-electron chi connectivity index (χ1n) is 6.17. The van der Waals surface area contributed by atoms with Gasteiger partial charge >= 0.3 is 0 Å². The van der Waals surface area contributed by atoms with Gasteiger partial charge in [0.2, 0.25) is 5.91 Å². The standard InChI is InChI=1S/C14H22N2O.ClH/c1-4-10(2)13(15)14(17)16-11(3)12-8-6-5-7-9-12;/h5-11,13H,4,15H2,1-3H3,(H,16,17);1H. The lowest BCUT2D eigenvalue weighted by Crippen LogP contribution is -2.45. The summed E-state index contributed by atoms with van der Waals surface area (Å²) in [6.45, 7) is 6.01. The van der Waals surface area contributed by atoms with Gasteiger partial charge in [0.15, 0.2) is 0 Å². The quantitative estimate of drug-likeness (QED) is 0.864. The third-order valence-corrected chi connectivity index (χ3v) is 3.22. The number of carbonyl (C=O) groups is 1. The Hall–Kier alpha value is -1.06. The molecule has 3 nitrogen and oxygen atoms in total. The van der Waals surface area contributed by atoms with E-state index in [4.69, 9.17) is 5.73 Å². The molecule has 1 rings (SSSR count). The van der Waals surface area contributed by atoms with Gasteiger partial charge in [0.25, 0.3) is 0 Å². The summed E-state index contributed by atoms with van der Waals surface area (Å²) in [5.74, 6) is 0.133. The average molecular weight is 271 g/mol. The highest BCUT2D eigenvalue weighted by Gasteiger charge is 2.20. The summed E-state index contributed by atoms with van der Waals surface area (Å²) in [6.07, 6.45) is 0.911. The zero-order valence-electron chi connectivity index (χ0n) is 11.2. The highest BCUT2D eigenvalue weighted by molar-refractivity contribution is 5.85. The Kier molecular flexibility index (Phi) is 7.64. The summed E-state index contributed by atoms with van der Waals surface area (Å²) in [5.41, 5.74) is 6.98. The fourth-order valence-corrected chi connectivity index (χ4v) is 1.65. The molecular formula is C14H23ClN2O. The Labute approximate surface area is 116 Å². The predicted molar refractivity (Wildman–Crippen MR) is 77.7 cm³/mol. The highest BCUT2D eigenvalue weighted by atomic mass is 35.5. The highest BCUT2D eigenvalue weighted by Crippen LogP contribution is 2.12. The van der Waals surface area contributed by atoms with Crippen LogP contribution in [0.3, 0.4) is 0 Å². The van der Waals surface area contributed by atoms with Gasteiger partial charge < -0.3 is 11.1 Å². The van der Waals surface area contributed by atoms with Crippen LogP contribution in [0.1, 0.15) is 38.8 Å². The molecule has 1 amide bonds. The van der Waals surface area contributed by atoms with Crippen molar-refractivity contribution in [3.8, 4) is 0 Å². The van der Waals surface area contributed by atoms with Crippen molar-refractivity contribution in [2.45, 2.75) is 39.3 Å². The van der Waals surface area contributed by atoms with Crippen molar-refractivity contribution in [3.05, 3.63) is 35.9 Å². The SMILES string of the molecule is CCC(C)C(N)C(=O)NC(C)c1ccccc1.Cl. The van der Waals surface area contributed by atoms with Gasteiger partial charge in [-0.1, -0.05) is 50.6 Å². The van der Waals surface area contributed by atoms with Gasteiger partial charge in [-0.3, -0.25) is 4.79 Å². The fraction of sp³-hybridized carbons (Fsp3) is 0.500. The molecule has 0 radical (unpaired) electrons. The van der Waals surface area contributed by atoms with Crippen molar-refractivity contribution in [1.29, 1.82) is 0 Å². The van der Waals surface area contributed by atoms with Crippen LogP contribution in [0.25, 0.3) is 0 Å². The first-order chi connectivity index (χ1) is 8.06. The lowest BCUT2D eigenvalue weighted by Gasteiger charge is -2.21. The molecule has 102 valence electrons. The molecule has 3 unspecified atom stereocenters. The van der Waals surface area contributed by atoms with E-state index in [-0.39, 0.29) is 30.3 Å². The molecule has 3 N–H and O–H groups in total. The number of benzene rings is 1. The first-order valence-corrected chi connectivity index (χ1v) is 6.17. The topological polar surface area (TPSA) is 55.1 Å². The van der Waals surface area contributed by atoms with E-state index in [0.29, 0.717) is 0 Å². The molecule has 0 spiro atoms. The fourth-order valence-electron chi connectivity index (χ4n) is 1.65. The second kappa shape index (κ2) is 8.11. The van der Waals surface area contributed by atoms with E-state index in [1.807, 2.05) is 51.1 Å². The van der Waals surface area contributed by atoms with Gasteiger partial charge in [0, 0.05) is 0 Å². The summed E-state index contributed by atoms with van der Waals surface area (Å²) in [5, 5.41) is 2.95.